The highest BCUT2D eigenvalue weighted by atomic mass is 35.5. The fourth-order valence-corrected chi connectivity index (χ4v) is 1.91. The highest BCUT2D eigenvalue weighted by Gasteiger charge is 2.31. The van der Waals surface area contributed by atoms with Crippen LogP contribution in [0.4, 0.5) is 0 Å². The number of hydrogen-bond donors (Lipinski definition) is 2. The van der Waals surface area contributed by atoms with Crippen molar-refractivity contribution < 1.29 is 14.7 Å². The second-order valence-electron chi connectivity index (χ2n) is 5.99. The smallest absolute Gasteiger partial charge is 0.326 e. The Kier molecular flexibility index (Phi) is 5.55. The molecule has 0 unspecified atom stereocenters. The molecule has 1 atom stereocenters. The zero-order valence-electron chi connectivity index (χ0n) is 12.6. The van der Waals surface area contributed by atoms with Gasteiger partial charge in [0.15, 0.2) is 0 Å². The molecule has 0 aromatic heterocycles. The Bertz CT molecular complexity index is 573. The molecule has 5 heteroatoms. The van der Waals surface area contributed by atoms with Gasteiger partial charge in [0.05, 0.1) is 0 Å². The molecule has 0 heterocycles. The predicted molar refractivity (Wildman–Crippen MR) is 84.2 cm³/mol. The Hall–Kier alpha value is -1.81. The summed E-state index contributed by atoms with van der Waals surface area (Å²) in [6, 6.07) is 4.49. The van der Waals surface area contributed by atoms with E-state index in [1.54, 1.807) is 32.9 Å². The Morgan fingerprint density at radius 1 is 1.33 bits per heavy atom. The number of amides is 1. The van der Waals surface area contributed by atoms with E-state index in [0.29, 0.717) is 5.02 Å². The fraction of sp³-hybridized carbons (Fsp3) is 0.375. The van der Waals surface area contributed by atoms with Gasteiger partial charge < -0.3 is 10.4 Å². The van der Waals surface area contributed by atoms with Gasteiger partial charge in [-0.05, 0) is 35.6 Å². The number of carboxylic acid groups (broad SMARTS) is 1. The topological polar surface area (TPSA) is 66.4 Å². The number of aryl methyl sites for hydroxylation is 1. The Labute approximate surface area is 129 Å². The van der Waals surface area contributed by atoms with E-state index in [4.69, 9.17) is 16.7 Å². The summed E-state index contributed by atoms with van der Waals surface area (Å²) in [6.07, 6.45) is 2.91. The molecular formula is C16H20ClNO3. The molecule has 0 aliphatic heterocycles. The van der Waals surface area contributed by atoms with Gasteiger partial charge in [-0.1, -0.05) is 44.5 Å². The molecule has 0 radical (unpaired) electrons. The summed E-state index contributed by atoms with van der Waals surface area (Å²) < 4.78 is 0. The summed E-state index contributed by atoms with van der Waals surface area (Å²) in [5, 5.41) is 12.3. The number of nitrogens with one attached hydrogen (secondary N) is 1. The second kappa shape index (κ2) is 6.76. The molecule has 114 valence electrons. The van der Waals surface area contributed by atoms with E-state index in [2.05, 4.69) is 5.32 Å². The first-order valence-corrected chi connectivity index (χ1v) is 6.96. The van der Waals surface area contributed by atoms with Crippen molar-refractivity contribution >= 4 is 29.6 Å². The number of aliphatic carboxylic acids is 1. The molecule has 0 fully saturated rings. The van der Waals surface area contributed by atoms with Gasteiger partial charge in [0.2, 0.25) is 5.91 Å². The number of halogens is 1. The number of carboxylic acids is 1. The van der Waals surface area contributed by atoms with Gasteiger partial charge in [-0.2, -0.15) is 0 Å². The van der Waals surface area contributed by atoms with Crippen molar-refractivity contribution in [2.45, 2.75) is 33.7 Å². The van der Waals surface area contributed by atoms with Crippen LogP contribution in [0.25, 0.3) is 6.08 Å². The van der Waals surface area contributed by atoms with Gasteiger partial charge in [0.25, 0.3) is 0 Å². The maximum absolute atomic E-state index is 11.8. The van der Waals surface area contributed by atoms with Gasteiger partial charge in [-0.25, -0.2) is 4.79 Å². The van der Waals surface area contributed by atoms with E-state index in [9.17, 15) is 9.59 Å². The summed E-state index contributed by atoms with van der Waals surface area (Å²) in [6.45, 7) is 7.17. The predicted octanol–water partition coefficient (Wildman–Crippen LogP) is 3.28. The summed E-state index contributed by atoms with van der Waals surface area (Å²) in [7, 11) is 0. The molecule has 1 aromatic carbocycles. The van der Waals surface area contributed by atoms with Crippen molar-refractivity contribution in [2.24, 2.45) is 5.41 Å². The average Bonchev–Trinajstić information content (AvgIpc) is 2.35. The van der Waals surface area contributed by atoms with Crippen LogP contribution in [0.15, 0.2) is 24.3 Å². The molecule has 1 aromatic rings. The maximum atomic E-state index is 11.8. The number of carbonyl (C=O) groups is 2. The summed E-state index contributed by atoms with van der Waals surface area (Å²) in [4.78, 5) is 23.0. The zero-order valence-corrected chi connectivity index (χ0v) is 13.4. The molecule has 1 amide bonds. The maximum Gasteiger partial charge on any atom is 0.326 e. The lowest BCUT2D eigenvalue weighted by atomic mass is 9.87. The standard InChI is InChI=1S/C16H20ClNO3/c1-10-5-6-11(9-12(10)17)7-8-13(19)18-14(15(20)21)16(2,3)4/h5-9,14H,1-4H3,(H,18,19)(H,20,21)/b8-7+/t14-/m1/s1. The first-order valence-electron chi connectivity index (χ1n) is 6.59. The van der Waals surface area contributed by atoms with Gasteiger partial charge in [-0.3, -0.25) is 4.79 Å². The van der Waals surface area contributed by atoms with Crippen LogP contribution in [-0.2, 0) is 9.59 Å². The Balaban J connectivity index is 2.78. The molecule has 0 bridgehead atoms. The average molecular weight is 310 g/mol. The van der Waals surface area contributed by atoms with Crippen LogP contribution < -0.4 is 5.32 Å². The monoisotopic (exact) mass is 309 g/mol. The highest BCUT2D eigenvalue weighted by molar-refractivity contribution is 6.31. The van der Waals surface area contributed by atoms with Crippen LogP contribution in [0.2, 0.25) is 5.02 Å². The van der Waals surface area contributed by atoms with Crippen molar-refractivity contribution in [2.75, 3.05) is 0 Å². The lowest BCUT2D eigenvalue weighted by Crippen LogP contribution is -2.48. The number of hydrogen-bond acceptors (Lipinski definition) is 2. The normalized spacial score (nSPS) is 13.2. The molecular weight excluding hydrogens is 290 g/mol. The molecule has 4 nitrogen and oxygen atoms in total. The van der Waals surface area contributed by atoms with Crippen molar-refractivity contribution in [3.8, 4) is 0 Å². The van der Waals surface area contributed by atoms with Crippen molar-refractivity contribution in [3.05, 3.63) is 40.4 Å². The lowest BCUT2D eigenvalue weighted by Gasteiger charge is -2.27. The quantitative estimate of drug-likeness (QED) is 0.839. The third-order valence-electron chi connectivity index (χ3n) is 3.02. The third-order valence-corrected chi connectivity index (χ3v) is 3.43. The van der Waals surface area contributed by atoms with Crippen LogP contribution in [0.3, 0.4) is 0 Å². The summed E-state index contributed by atoms with van der Waals surface area (Å²) in [5.74, 6) is -1.50. The molecule has 21 heavy (non-hydrogen) atoms. The minimum absolute atomic E-state index is 0.450. The number of rotatable bonds is 4. The van der Waals surface area contributed by atoms with Crippen LogP contribution >= 0.6 is 11.6 Å². The Morgan fingerprint density at radius 3 is 2.43 bits per heavy atom. The molecule has 0 saturated carbocycles. The second-order valence-corrected chi connectivity index (χ2v) is 6.40. The first kappa shape index (κ1) is 17.2. The molecule has 1 rings (SSSR count). The highest BCUT2D eigenvalue weighted by Crippen LogP contribution is 2.20. The lowest BCUT2D eigenvalue weighted by molar-refractivity contribution is -0.144. The number of benzene rings is 1. The SMILES string of the molecule is Cc1ccc(/C=C/C(=O)N[C@H](C(=O)O)C(C)(C)C)cc1Cl. The molecule has 0 aliphatic carbocycles. The minimum Gasteiger partial charge on any atom is -0.480 e. The van der Waals surface area contributed by atoms with Crippen LogP contribution in [0.1, 0.15) is 31.9 Å². The molecule has 2 N–H and O–H groups in total. The van der Waals surface area contributed by atoms with E-state index in [1.807, 2.05) is 19.1 Å². The summed E-state index contributed by atoms with van der Waals surface area (Å²) in [5.41, 5.74) is 1.17. The Morgan fingerprint density at radius 2 is 1.95 bits per heavy atom. The zero-order chi connectivity index (χ0) is 16.2. The summed E-state index contributed by atoms with van der Waals surface area (Å²) >= 11 is 6.00. The van der Waals surface area contributed by atoms with Gasteiger partial charge in [0.1, 0.15) is 6.04 Å². The van der Waals surface area contributed by atoms with Crippen LogP contribution in [0.5, 0.6) is 0 Å². The van der Waals surface area contributed by atoms with Crippen molar-refractivity contribution in [1.29, 1.82) is 0 Å². The van der Waals surface area contributed by atoms with E-state index in [-0.39, 0.29) is 0 Å². The van der Waals surface area contributed by atoms with Gasteiger partial charge in [0, 0.05) is 11.1 Å². The molecule has 0 saturated heterocycles. The van der Waals surface area contributed by atoms with Crippen molar-refractivity contribution in [3.63, 3.8) is 0 Å². The molecule has 0 aliphatic rings. The van der Waals surface area contributed by atoms with E-state index >= 15 is 0 Å². The first-order chi connectivity index (χ1) is 9.61. The minimum atomic E-state index is -1.05. The van der Waals surface area contributed by atoms with Crippen LogP contribution in [0, 0.1) is 12.3 Å². The number of carbonyl (C=O) groups excluding carboxylic acids is 1. The van der Waals surface area contributed by atoms with E-state index < -0.39 is 23.3 Å². The van der Waals surface area contributed by atoms with E-state index in [0.717, 1.165) is 11.1 Å². The van der Waals surface area contributed by atoms with Crippen LogP contribution in [-0.4, -0.2) is 23.0 Å². The van der Waals surface area contributed by atoms with Gasteiger partial charge in [-0.15, -0.1) is 0 Å². The van der Waals surface area contributed by atoms with Crippen molar-refractivity contribution in [1.82, 2.24) is 5.32 Å². The van der Waals surface area contributed by atoms with E-state index in [1.165, 1.54) is 6.08 Å². The fourth-order valence-electron chi connectivity index (χ4n) is 1.72. The van der Waals surface area contributed by atoms with Gasteiger partial charge >= 0.3 is 5.97 Å². The largest absolute Gasteiger partial charge is 0.480 e. The molecule has 0 spiro atoms. The third kappa shape index (κ3) is 5.23.